The molecule has 1 atom stereocenters. The average molecular weight is 330 g/mol. The topological polar surface area (TPSA) is 20.2 Å². The summed E-state index contributed by atoms with van der Waals surface area (Å²) in [5, 5.41) is 13.9. The van der Waals surface area contributed by atoms with Crippen LogP contribution in [-0.2, 0) is 6.42 Å². The van der Waals surface area contributed by atoms with Gasteiger partial charge in [-0.25, -0.2) is 0 Å². The largest absolute Gasteiger partial charge is 0.388 e. The lowest BCUT2D eigenvalue weighted by atomic mass is 10.0. The maximum absolute atomic E-state index is 9.94. The SMILES string of the molecule is OC(Cc1ccc(I)cc1)c1ccsc1. The molecule has 1 unspecified atom stereocenters. The average Bonchev–Trinajstić information content (AvgIpc) is 2.74. The van der Waals surface area contributed by atoms with Crippen molar-refractivity contribution >= 4 is 33.9 Å². The standard InChI is InChI=1S/C12H11IOS/c13-11-3-1-9(2-4-11)7-12(14)10-5-6-15-8-10/h1-6,8,12,14H,7H2. The molecule has 2 aromatic rings. The smallest absolute Gasteiger partial charge is 0.0838 e. The Labute approximate surface area is 107 Å². The Morgan fingerprint density at radius 1 is 1.20 bits per heavy atom. The zero-order valence-electron chi connectivity index (χ0n) is 8.06. The number of aliphatic hydroxyl groups is 1. The maximum atomic E-state index is 9.94. The number of benzene rings is 1. The van der Waals surface area contributed by atoms with Crippen LogP contribution in [-0.4, -0.2) is 5.11 Å². The van der Waals surface area contributed by atoms with E-state index >= 15 is 0 Å². The van der Waals surface area contributed by atoms with E-state index in [2.05, 4.69) is 46.9 Å². The van der Waals surface area contributed by atoms with E-state index in [1.54, 1.807) is 11.3 Å². The van der Waals surface area contributed by atoms with Crippen molar-refractivity contribution in [2.45, 2.75) is 12.5 Å². The van der Waals surface area contributed by atoms with E-state index in [9.17, 15) is 5.11 Å². The van der Waals surface area contributed by atoms with Crippen molar-refractivity contribution in [1.82, 2.24) is 0 Å². The van der Waals surface area contributed by atoms with Gasteiger partial charge in [0.15, 0.2) is 0 Å². The van der Waals surface area contributed by atoms with Crippen molar-refractivity contribution in [3.05, 3.63) is 55.8 Å². The van der Waals surface area contributed by atoms with Gasteiger partial charge in [-0.05, 0) is 62.7 Å². The minimum atomic E-state index is -0.378. The quantitative estimate of drug-likeness (QED) is 0.852. The molecule has 1 N–H and O–H groups in total. The van der Waals surface area contributed by atoms with Crippen molar-refractivity contribution in [3.8, 4) is 0 Å². The first kappa shape index (κ1) is 11.1. The van der Waals surface area contributed by atoms with Gasteiger partial charge in [-0.15, -0.1) is 0 Å². The molecule has 0 saturated heterocycles. The van der Waals surface area contributed by atoms with Gasteiger partial charge >= 0.3 is 0 Å². The highest BCUT2D eigenvalue weighted by atomic mass is 127. The van der Waals surface area contributed by atoms with E-state index in [1.165, 1.54) is 9.13 Å². The summed E-state index contributed by atoms with van der Waals surface area (Å²) in [7, 11) is 0. The highest BCUT2D eigenvalue weighted by Gasteiger charge is 2.08. The molecular formula is C12H11IOS. The van der Waals surface area contributed by atoms with E-state index in [4.69, 9.17) is 0 Å². The van der Waals surface area contributed by atoms with Gasteiger partial charge in [0.05, 0.1) is 6.10 Å². The molecular weight excluding hydrogens is 319 g/mol. The summed E-state index contributed by atoms with van der Waals surface area (Å²) in [5.74, 6) is 0. The third-order valence-corrected chi connectivity index (χ3v) is 3.69. The van der Waals surface area contributed by atoms with Gasteiger partial charge in [-0.1, -0.05) is 12.1 Å². The lowest BCUT2D eigenvalue weighted by Crippen LogP contribution is -2.00. The minimum absolute atomic E-state index is 0.378. The highest BCUT2D eigenvalue weighted by Crippen LogP contribution is 2.20. The van der Waals surface area contributed by atoms with Crippen LogP contribution in [0, 0.1) is 3.57 Å². The van der Waals surface area contributed by atoms with E-state index in [0.29, 0.717) is 6.42 Å². The second-order valence-corrected chi connectivity index (χ2v) is 5.43. The van der Waals surface area contributed by atoms with Gasteiger partial charge in [-0.2, -0.15) is 11.3 Å². The molecule has 1 aromatic heterocycles. The summed E-state index contributed by atoms with van der Waals surface area (Å²) >= 11 is 3.90. The van der Waals surface area contributed by atoms with Gasteiger partial charge < -0.3 is 5.11 Å². The van der Waals surface area contributed by atoms with Crippen LogP contribution in [0.25, 0.3) is 0 Å². The lowest BCUT2D eigenvalue weighted by molar-refractivity contribution is 0.179. The Morgan fingerprint density at radius 2 is 1.93 bits per heavy atom. The van der Waals surface area contributed by atoms with Crippen LogP contribution < -0.4 is 0 Å². The molecule has 1 aromatic carbocycles. The summed E-state index contributed by atoms with van der Waals surface area (Å²) < 4.78 is 1.22. The Kier molecular flexibility index (Phi) is 3.77. The number of thiophene rings is 1. The molecule has 0 aliphatic heterocycles. The molecule has 0 spiro atoms. The van der Waals surface area contributed by atoms with E-state index in [1.807, 2.05) is 16.8 Å². The first-order valence-electron chi connectivity index (χ1n) is 4.70. The fourth-order valence-corrected chi connectivity index (χ4v) is 2.49. The van der Waals surface area contributed by atoms with Crippen molar-refractivity contribution < 1.29 is 5.11 Å². The number of halogens is 1. The molecule has 0 saturated carbocycles. The van der Waals surface area contributed by atoms with Crippen LogP contribution in [0.4, 0.5) is 0 Å². The first-order valence-corrected chi connectivity index (χ1v) is 6.72. The molecule has 0 radical (unpaired) electrons. The minimum Gasteiger partial charge on any atom is -0.388 e. The number of hydrogen-bond acceptors (Lipinski definition) is 2. The van der Waals surface area contributed by atoms with Crippen LogP contribution >= 0.6 is 33.9 Å². The molecule has 15 heavy (non-hydrogen) atoms. The molecule has 0 aliphatic rings. The van der Waals surface area contributed by atoms with Crippen LogP contribution in [0.3, 0.4) is 0 Å². The molecule has 1 nitrogen and oxygen atoms in total. The van der Waals surface area contributed by atoms with Crippen molar-refractivity contribution in [3.63, 3.8) is 0 Å². The molecule has 78 valence electrons. The van der Waals surface area contributed by atoms with Crippen LogP contribution in [0.15, 0.2) is 41.1 Å². The van der Waals surface area contributed by atoms with Crippen molar-refractivity contribution in [2.75, 3.05) is 0 Å². The molecule has 3 heteroatoms. The first-order chi connectivity index (χ1) is 7.25. The molecule has 0 amide bonds. The van der Waals surface area contributed by atoms with E-state index in [0.717, 1.165) is 5.56 Å². The Morgan fingerprint density at radius 3 is 2.53 bits per heavy atom. The van der Waals surface area contributed by atoms with Crippen LogP contribution in [0.5, 0.6) is 0 Å². The van der Waals surface area contributed by atoms with Gasteiger partial charge in [0.25, 0.3) is 0 Å². The fourth-order valence-electron chi connectivity index (χ4n) is 1.43. The van der Waals surface area contributed by atoms with Gasteiger partial charge in [0.2, 0.25) is 0 Å². The summed E-state index contributed by atoms with van der Waals surface area (Å²) in [5.41, 5.74) is 2.19. The lowest BCUT2D eigenvalue weighted by Gasteiger charge is -2.08. The monoisotopic (exact) mass is 330 g/mol. The maximum Gasteiger partial charge on any atom is 0.0838 e. The second-order valence-electron chi connectivity index (χ2n) is 3.40. The number of aliphatic hydroxyl groups excluding tert-OH is 1. The summed E-state index contributed by atoms with van der Waals surface area (Å²) in [4.78, 5) is 0. The van der Waals surface area contributed by atoms with E-state index in [-0.39, 0.29) is 6.10 Å². The Hall–Kier alpha value is -0.390. The van der Waals surface area contributed by atoms with Crippen LogP contribution in [0.1, 0.15) is 17.2 Å². The van der Waals surface area contributed by atoms with E-state index < -0.39 is 0 Å². The third kappa shape index (κ3) is 3.03. The Bertz CT molecular complexity index is 408. The summed E-state index contributed by atoms with van der Waals surface area (Å²) in [6, 6.07) is 10.2. The highest BCUT2D eigenvalue weighted by molar-refractivity contribution is 14.1. The number of rotatable bonds is 3. The predicted molar refractivity (Wildman–Crippen MR) is 72.1 cm³/mol. The molecule has 0 aliphatic carbocycles. The zero-order valence-corrected chi connectivity index (χ0v) is 11.0. The third-order valence-electron chi connectivity index (χ3n) is 2.27. The van der Waals surface area contributed by atoms with Crippen molar-refractivity contribution in [2.24, 2.45) is 0 Å². The van der Waals surface area contributed by atoms with Gasteiger partial charge in [-0.3, -0.25) is 0 Å². The summed E-state index contributed by atoms with van der Waals surface area (Å²) in [6.45, 7) is 0. The second kappa shape index (κ2) is 5.09. The Balaban J connectivity index is 2.06. The molecule has 1 heterocycles. The van der Waals surface area contributed by atoms with Crippen LogP contribution in [0.2, 0.25) is 0 Å². The number of hydrogen-bond donors (Lipinski definition) is 1. The molecule has 0 bridgehead atoms. The molecule has 2 rings (SSSR count). The predicted octanol–water partition coefficient (Wildman–Crippen LogP) is 3.63. The van der Waals surface area contributed by atoms with Crippen molar-refractivity contribution in [1.29, 1.82) is 0 Å². The molecule has 0 fully saturated rings. The van der Waals surface area contributed by atoms with Gasteiger partial charge in [0.1, 0.15) is 0 Å². The zero-order chi connectivity index (χ0) is 10.7. The normalized spacial score (nSPS) is 12.7. The summed E-state index contributed by atoms with van der Waals surface area (Å²) in [6.07, 6.45) is 0.310. The fraction of sp³-hybridized carbons (Fsp3) is 0.167. The van der Waals surface area contributed by atoms with Gasteiger partial charge in [0, 0.05) is 9.99 Å².